The molecule has 0 aromatic heterocycles. The SMILES string of the molecule is COCCNC(=O)c1ccccc1N. The Balaban J connectivity index is 2.56. The van der Waals surface area contributed by atoms with E-state index in [0.717, 1.165) is 0 Å². The van der Waals surface area contributed by atoms with Crippen molar-refractivity contribution in [2.45, 2.75) is 0 Å². The van der Waals surface area contributed by atoms with Crippen LogP contribution in [0.1, 0.15) is 10.4 Å². The molecule has 76 valence electrons. The van der Waals surface area contributed by atoms with Crippen LogP contribution in [0.2, 0.25) is 0 Å². The van der Waals surface area contributed by atoms with E-state index in [1.165, 1.54) is 0 Å². The average molecular weight is 194 g/mol. The van der Waals surface area contributed by atoms with Gasteiger partial charge in [-0.3, -0.25) is 4.79 Å². The fourth-order valence-electron chi connectivity index (χ4n) is 1.07. The van der Waals surface area contributed by atoms with E-state index in [4.69, 9.17) is 10.5 Å². The number of para-hydroxylation sites is 1. The van der Waals surface area contributed by atoms with Crippen LogP contribution in [0.4, 0.5) is 5.69 Å². The summed E-state index contributed by atoms with van der Waals surface area (Å²) < 4.78 is 4.81. The highest BCUT2D eigenvalue weighted by Crippen LogP contribution is 2.09. The van der Waals surface area contributed by atoms with Crippen LogP contribution in [0.5, 0.6) is 0 Å². The minimum Gasteiger partial charge on any atom is -0.398 e. The third kappa shape index (κ3) is 2.74. The van der Waals surface area contributed by atoms with E-state index in [9.17, 15) is 4.79 Å². The van der Waals surface area contributed by atoms with Gasteiger partial charge < -0.3 is 15.8 Å². The van der Waals surface area contributed by atoms with E-state index in [2.05, 4.69) is 5.32 Å². The van der Waals surface area contributed by atoms with Crippen molar-refractivity contribution in [3.63, 3.8) is 0 Å². The number of hydrogen-bond donors (Lipinski definition) is 2. The fourth-order valence-corrected chi connectivity index (χ4v) is 1.07. The number of nitrogens with two attached hydrogens (primary N) is 1. The molecule has 4 heteroatoms. The summed E-state index contributed by atoms with van der Waals surface area (Å²) in [6.45, 7) is 0.988. The second kappa shape index (κ2) is 5.24. The number of hydrogen-bond acceptors (Lipinski definition) is 3. The number of benzene rings is 1. The molecule has 1 rings (SSSR count). The van der Waals surface area contributed by atoms with Crippen LogP contribution < -0.4 is 11.1 Å². The molecule has 1 aromatic carbocycles. The zero-order valence-electron chi connectivity index (χ0n) is 8.12. The van der Waals surface area contributed by atoms with Crippen molar-refractivity contribution in [2.75, 3.05) is 26.0 Å². The van der Waals surface area contributed by atoms with Crippen LogP contribution in [-0.4, -0.2) is 26.2 Å². The van der Waals surface area contributed by atoms with Gasteiger partial charge in [-0.2, -0.15) is 0 Å². The molecule has 0 heterocycles. The molecule has 0 aliphatic rings. The van der Waals surface area contributed by atoms with Gasteiger partial charge in [-0.15, -0.1) is 0 Å². The van der Waals surface area contributed by atoms with Gasteiger partial charge in [0.15, 0.2) is 0 Å². The van der Waals surface area contributed by atoms with Crippen molar-refractivity contribution >= 4 is 11.6 Å². The van der Waals surface area contributed by atoms with E-state index < -0.39 is 0 Å². The highest BCUT2D eigenvalue weighted by molar-refractivity contribution is 5.98. The summed E-state index contributed by atoms with van der Waals surface area (Å²) in [5.74, 6) is -0.167. The maximum Gasteiger partial charge on any atom is 0.253 e. The lowest BCUT2D eigenvalue weighted by Gasteiger charge is -2.06. The van der Waals surface area contributed by atoms with Gasteiger partial charge in [-0.25, -0.2) is 0 Å². The number of ether oxygens (including phenoxy) is 1. The van der Waals surface area contributed by atoms with Crippen LogP contribution in [0, 0.1) is 0 Å². The van der Waals surface area contributed by atoms with E-state index in [-0.39, 0.29) is 5.91 Å². The van der Waals surface area contributed by atoms with Crippen molar-refractivity contribution in [1.82, 2.24) is 5.32 Å². The predicted molar refractivity (Wildman–Crippen MR) is 55.1 cm³/mol. The highest BCUT2D eigenvalue weighted by atomic mass is 16.5. The Morgan fingerprint density at radius 1 is 1.50 bits per heavy atom. The third-order valence-electron chi connectivity index (χ3n) is 1.80. The minimum atomic E-state index is -0.167. The zero-order chi connectivity index (χ0) is 10.4. The molecule has 0 fully saturated rings. The van der Waals surface area contributed by atoms with Gasteiger partial charge in [0, 0.05) is 19.3 Å². The number of methoxy groups -OCH3 is 1. The van der Waals surface area contributed by atoms with E-state index in [0.29, 0.717) is 24.4 Å². The molecule has 3 N–H and O–H groups in total. The first-order valence-corrected chi connectivity index (χ1v) is 4.37. The Hall–Kier alpha value is -1.55. The smallest absolute Gasteiger partial charge is 0.253 e. The summed E-state index contributed by atoms with van der Waals surface area (Å²) in [6.07, 6.45) is 0. The van der Waals surface area contributed by atoms with Crippen LogP contribution in [0.25, 0.3) is 0 Å². The van der Waals surface area contributed by atoms with E-state index in [1.54, 1.807) is 31.4 Å². The molecule has 4 nitrogen and oxygen atoms in total. The standard InChI is InChI=1S/C10H14N2O2/c1-14-7-6-12-10(13)8-4-2-3-5-9(8)11/h2-5H,6-7,11H2,1H3,(H,12,13). The normalized spacial score (nSPS) is 9.79. The van der Waals surface area contributed by atoms with Gasteiger partial charge >= 0.3 is 0 Å². The van der Waals surface area contributed by atoms with Crippen LogP contribution >= 0.6 is 0 Å². The number of amides is 1. The molecule has 0 saturated carbocycles. The second-order valence-electron chi connectivity index (χ2n) is 2.84. The molecule has 0 saturated heterocycles. The van der Waals surface area contributed by atoms with Crippen molar-refractivity contribution in [3.05, 3.63) is 29.8 Å². The summed E-state index contributed by atoms with van der Waals surface area (Å²) in [7, 11) is 1.59. The molecule has 0 bridgehead atoms. The maximum absolute atomic E-state index is 11.5. The third-order valence-corrected chi connectivity index (χ3v) is 1.80. The summed E-state index contributed by atoms with van der Waals surface area (Å²) in [6, 6.07) is 6.96. The molecule has 0 aliphatic heterocycles. The summed E-state index contributed by atoms with van der Waals surface area (Å²) >= 11 is 0. The van der Waals surface area contributed by atoms with Gasteiger partial charge in [0.25, 0.3) is 5.91 Å². The molecule has 1 amide bonds. The zero-order valence-corrected chi connectivity index (χ0v) is 8.12. The van der Waals surface area contributed by atoms with Crippen LogP contribution in [-0.2, 0) is 4.74 Å². The van der Waals surface area contributed by atoms with Crippen LogP contribution in [0.15, 0.2) is 24.3 Å². The Bertz CT molecular complexity index is 313. The highest BCUT2D eigenvalue weighted by Gasteiger charge is 2.06. The molecular weight excluding hydrogens is 180 g/mol. The first kappa shape index (κ1) is 10.5. The van der Waals surface area contributed by atoms with Gasteiger partial charge in [0.05, 0.1) is 12.2 Å². The second-order valence-corrected chi connectivity index (χ2v) is 2.84. The number of carbonyl (C=O) groups is 1. The molecule has 1 aromatic rings. The number of anilines is 1. The molecule has 0 atom stereocenters. The van der Waals surface area contributed by atoms with Crippen LogP contribution in [0.3, 0.4) is 0 Å². The lowest BCUT2D eigenvalue weighted by molar-refractivity contribution is 0.0938. The number of nitrogens with one attached hydrogen (secondary N) is 1. The minimum absolute atomic E-state index is 0.167. The van der Waals surface area contributed by atoms with Crippen molar-refractivity contribution in [3.8, 4) is 0 Å². The quantitative estimate of drug-likeness (QED) is 0.546. The van der Waals surface area contributed by atoms with Gasteiger partial charge in [0.1, 0.15) is 0 Å². The molecule has 0 aliphatic carbocycles. The summed E-state index contributed by atoms with van der Waals surface area (Å²) in [5, 5.41) is 2.70. The van der Waals surface area contributed by atoms with Crippen molar-refractivity contribution in [1.29, 1.82) is 0 Å². The average Bonchev–Trinajstić information content (AvgIpc) is 2.18. The number of carbonyl (C=O) groups excluding carboxylic acids is 1. The molecular formula is C10H14N2O2. The fraction of sp³-hybridized carbons (Fsp3) is 0.300. The Morgan fingerprint density at radius 2 is 2.21 bits per heavy atom. The first-order chi connectivity index (χ1) is 6.75. The molecule has 0 unspecified atom stereocenters. The number of nitrogen functional groups attached to an aromatic ring is 1. The molecule has 0 radical (unpaired) electrons. The van der Waals surface area contributed by atoms with Gasteiger partial charge in [0.2, 0.25) is 0 Å². The van der Waals surface area contributed by atoms with E-state index in [1.807, 2.05) is 0 Å². The van der Waals surface area contributed by atoms with Crippen molar-refractivity contribution in [2.24, 2.45) is 0 Å². The van der Waals surface area contributed by atoms with Gasteiger partial charge in [-0.05, 0) is 12.1 Å². The number of rotatable bonds is 4. The molecule has 0 spiro atoms. The molecule has 14 heavy (non-hydrogen) atoms. The van der Waals surface area contributed by atoms with Crippen molar-refractivity contribution < 1.29 is 9.53 Å². The lowest BCUT2D eigenvalue weighted by atomic mass is 10.2. The Kier molecular flexibility index (Phi) is 3.94. The van der Waals surface area contributed by atoms with E-state index >= 15 is 0 Å². The summed E-state index contributed by atoms with van der Waals surface area (Å²) in [4.78, 5) is 11.5. The van der Waals surface area contributed by atoms with Gasteiger partial charge in [-0.1, -0.05) is 12.1 Å². The Morgan fingerprint density at radius 3 is 2.86 bits per heavy atom. The monoisotopic (exact) mass is 194 g/mol. The predicted octanol–water partition coefficient (Wildman–Crippen LogP) is 0.645. The first-order valence-electron chi connectivity index (χ1n) is 4.37. The lowest BCUT2D eigenvalue weighted by Crippen LogP contribution is -2.27. The Labute approximate surface area is 83.1 Å². The largest absolute Gasteiger partial charge is 0.398 e. The summed E-state index contributed by atoms with van der Waals surface area (Å²) in [5.41, 5.74) is 6.63. The topological polar surface area (TPSA) is 64.3 Å². The maximum atomic E-state index is 11.5.